The molecule has 0 radical (unpaired) electrons. The maximum absolute atomic E-state index is 12.4. The number of carbonyl (C=O) groups is 1. The largest absolute Gasteiger partial charge is 0.318 e. The van der Waals surface area contributed by atoms with Crippen LogP contribution in [0.4, 0.5) is 5.69 Å². The van der Waals surface area contributed by atoms with Gasteiger partial charge in [0.1, 0.15) is 5.69 Å². The van der Waals surface area contributed by atoms with E-state index in [-0.39, 0.29) is 5.91 Å². The lowest BCUT2D eigenvalue weighted by Crippen LogP contribution is -2.11. The Labute approximate surface area is 142 Å². The maximum atomic E-state index is 12.4. The highest BCUT2D eigenvalue weighted by Gasteiger charge is 2.31. The lowest BCUT2D eigenvalue weighted by Gasteiger charge is -2.07. The van der Waals surface area contributed by atoms with Gasteiger partial charge in [-0.25, -0.2) is 0 Å². The Balaban J connectivity index is 1.72. The van der Waals surface area contributed by atoms with Gasteiger partial charge in [0.25, 0.3) is 5.91 Å². The van der Waals surface area contributed by atoms with Crippen LogP contribution in [0.15, 0.2) is 41.8 Å². The average Bonchev–Trinajstić information content (AvgIpc) is 3.09. The number of aromatic amines is 1. The van der Waals surface area contributed by atoms with Crippen molar-refractivity contribution in [1.82, 2.24) is 10.2 Å². The van der Waals surface area contributed by atoms with Gasteiger partial charge in [0.15, 0.2) is 0 Å². The molecule has 116 valence electrons. The lowest BCUT2D eigenvalue weighted by molar-refractivity contribution is 0.103. The number of thiophene rings is 1. The molecule has 4 nitrogen and oxygen atoms in total. The number of hydrogen-bond donors (Lipinski definition) is 2. The highest BCUT2D eigenvalue weighted by molar-refractivity contribution is 7.12. The van der Waals surface area contributed by atoms with Crippen molar-refractivity contribution >= 4 is 34.5 Å². The third-order valence-electron chi connectivity index (χ3n) is 3.88. The molecule has 2 heterocycles. The Kier molecular flexibility index (Phi) is 3.67. The van der Waals surface area contributed by atoms with Crippen LogP contribution in [0.2, 0.25) is 5.02 Å². The molecule has 2 aromatic heterocycles. The number of carbonyl (C=O) groups excluding carboxylic acids is 1. The van der Waals surface area contributed by atoms with Gasteiger partial charge in [0.2, 0.25) is 0 Å². The van der Waals surface area contributed by atoms with E-state index in [9.17, 15) is 4.79 Å². The second kappa shape index (κ2) is 5.83. The molecule has 0 bridgehead atoms. The molecule has 0 aliphatic heterocycles. The summed E-state index contributed by atoms with van der Waals surface area (Å²) in [4.78, 5) is 13.1. The minimum Gasteiger partial charge on any atom is -0.318 e. The average molecular weight is 344 g/mol. The maximum Gasteiger partial charge on any atom is 0.265 e. The number of H-pyrrole nitrogens is 1. The second-order valence-electron chi connectivity index (χ2n) is 5.57. The molecule has 4 rings (SSSR count). The standard InChI is InChI=1S/C17H14ClN3OS/c18-12-7-5-11(6-8-12)15-16(14(20-21-15)10-3-4-10)19-17(22)13-2-1-9-23-13/h1-2,5-10H,3-4H2,(H,19,22)(H,20,21). The van der Waals surface area contributed by atoms with Crippen LogP contribution in [0, 0.1) is 0 Å². The van der Waals surface area contributed by atoms with Gasteiger partial charge < -0.3 is 5.32 Å². The molecule has 0 atom stereocenters. The fourth-order valence-electron chi connectivity index (χ4n) is 2.55. The molecule has 2 N–H and O–H groups in total. The highest BCUT2D eigenvalue weighted by atomic mass is 35.5. The Bertz CT molecular complexity index is 835. The van der Waals surface area contributed by atoms with E-state index in [1.165, 1.54) is 11.3 Å². The van der Waals surface area contributed by atoms with E-state index >= 15 is 0 Å². The topological polar surface area (TPSA) is 57.8 Å². The summed E-state index contributed by atoms with van der Waals surface area (Å²) in [6.45, 7) is 0. The first-order valence-corrected chi connectivity index (χ1v) is 8.67. The molecule has 1 fully saturated rings. The molecule has 6 heteroatoms. The number of halogens is 1. The van der Waals surface area contributed by atoms with Crippen molar-refractivity contribution in [2.24, 2.45) is 0 Å². The smallest absolute Gasteiger partial charge is 0.265 e. The SMILES string of the molecule is O=C(Nc1c(-c2ccc(Cl)cc2)n[nH]c1C1CC1)c1cccs1. The summed E-state index contributed by atoms with van der Waals surface area (Å²) in [6, 6.07) is 11.2. The molecule has 1 saturated carbocycles. The number of amides is 1. The summed E-state index contributed by atoms with van der Waals surface area (Å²) in [5.74, 6) is 0.362. The summed E-state index contributed by atoms with van der Waals surface area (Å²) in [6.07, 6.45) is 2.26. The van der Waals surface area contributed by atoms with E-state index in [0.717, 1.165) is 35.5 Å². The van der Waals surface area contributed by atoms with E-state index in [2.05, 4.69) is 15.5 Å². The van der Waals surface area contributed by atoms with Crippen LogP contribution in [0.3, 0.4) is 0 Å². The zero-order valence-corrected chi connectivity index (χ0v) is 13.7. The van der Waals surface area contributed by atoms with Crippen molar-refractivity contribution in [2.75, 3.05) is 5.32 Å². The molecule has 1 aliphatic carbocycles. The Morgan fingerprint density at radius 3 is 2.70 bits per heavy atom. The van der Waals surface area contributed by atoms with Gasteiger partial charge in [-0.05, 0) is 36.4 Å². The van der Waals surface area contributed by atoms with Crippen LogP contribution in [0.5, 0.6) is 0 Å². The summed E-state index contributed by atoms with van der Waals surface area (Å²) in [7, 11) is 0. The highest BCUT2D eigenvalue weighted by Crippen LogP contribution is 2.45. The van der Waals surface area contributed by atoms with Crippen LogP contribution in [-0.4, -0.2) is 16.1 Å². The van der Waals surface area contributed by atoms with Crippen LogP contribution in [0.1, 0.15) is 34.1 Å². The van der Waals surface area contributed by atoms with E-state index in [1.807, 2.05) is 41.8 Å². The summed E-state index contributed by atoms with van der Waals surface area (Å²) in [5, 5.41) is 13.2. The quantitative estimate of drug-likeness (QED) is 0.706. The summed E-state index contributed by atoms with van der Waals surface area (Å²) >= 11 is 7.39. The summed E-state index contributed by atoms with van der Waals surface area (Å²) < 4.78 is 0. The van der Waals surface area contributed by atoms with Gasteiger partial charge in [0.05, 0.1) is 16.3 Å². The van der Waals surface area contributed by atoms with Crippen molar-refractivity contribution in [1.29, 1.82) is 0 Å². The predicted octanol–water partition coefficient (Wildman–Crippen LogP) is 4.92. The molecule has 0 saturated heterocycles. The zero-order chi connectivity index (χ0) is 15.8. The number of nitrogens with zero attached hydrogens (tertiary/aromatic N) is 1. The van der Waals surface area contributed by atoms with Gasteiger partial charge in [-0.3, -0.25) is 9.89 Å². The number of rotatable bonds is 4. The molecular weight excluding hydrogens is 330 g/mol. The Morgan fingerprint density at radius 1 is 1.26 bits per heavy atom. The minimum atomic E-state index is -0.0986. The fraction of sp³-hybridized carbons (Fsp3) is 0.176. The van der Waals surface area contributed by atoms with Gasteiger partial charge in [-0.1, -0.05) is 29.8 Å². The Hall–Kier alpha value is -2.11. The fourth-order valence-corrected chi connectivity index (χ4v) is 3.29. The Morgan fingerprint density at radius 2 is 2.04 bits per heavy atom. The van der Waals surface area contributed by atoms with Gasteiger partial charge in [-0.2, -0.15) is 5.10 Å². The van der Waals surface area contributed by atoms with E-state index in [0.29, 0.717) is 15.8 Å². The predicted molar refractivity (Wildman–Crippen MR) is 93.3 cm³/mol. The summed E-state index contributed by atoms with van der Waals surface area (Å²) in [5.41, 5.74) is 3.49. The third-order valence-corrected chi connectivity index (χ3v) is 5.00. The molecule has 1 amide bonds. The first-order valence-electron chi connectivity index (χ1n) is 7.41. The molecule has 1 aromatic carbocycles. The zero-order valence-electron chi connectivity index (χ0n) is 12.2. The van der Waals surface area contributed by atoms with Crippen molar-refractivity contribution < 1.29 is 4.79 Å². The number of nitrogens with one attached hydrogen (secondary N) is 2. The van der Waals surface area contributed by atoms with Crippen molar-refractivity contribution in [2.45, 2.75) is 18.8 Å². The van der Waals surface area contributed by atoms with Gasteiger partial charge in [-0.15, -0.1) is 11.3 Å². The number of hydrogen-bond acceptors (Lipinski definition) is 3. The van der Waals surface area contributed by atoms with Crippen LogP contribution >= 0.6 is 22.9 Å². The van der Waals surface area contributed by atoms with Crippen LogP contribution in [-0.2, 0) is 0 Å². The lowest BCUT2D eigenvalue weighted by atomic mass is 10.1. The van der Waals surface area contributed by atoms with E-state index in [1.54, 1.807) is 0 Å². The molecule has 0 unspecified atom stereocenters. The molecule has 23 heavy (non-hydrogen) atoms. The van der Waals surface area contributed by atoms with Crippen molar-refractivity contribution in [3.8, 4) is 11.3 Å². The van der Waals surface area contributed by atoms with E-state index < -0.39 is 0 Å². The number of aromatic nitrogens is 2. The van der Waals surface area contributed by atoms with Crippen molar-refractivity contribution in [3.05, 3.63) is 57.4 Å². The molecular formula is C17H14ClN3OS. The van der Waals surface area contributed by atoms with Gasteiger partial charge >= 0.3 is 0 Å². The van der Waals surface area contributed by atoms with E-state index in [4.69, 9.17) is 11.6 Å². The van der Waals surface area contributed by atoms with Crippen LogP contribution in [0.25, 0.3) is 11.3 Å². The first-order chi connectivity index (χ1) is 11.2. The molecule has 1 aliphatic rings. The molecule has 3 aromatic rings. The first kappa shape index (κ1) is 14.5. The second-order valence-corrected chi connectivity index (χ2v) is 6.96. The minimum absolute atomic E-state index is 0.0986. The van der Waals surface area contributed by atoms with Gasteiger partial charge in [0, 0.05) is 16.5 Å². The normalized spacial score (nSPS) is 14.0. The monoisotopic (exact) mass is 343 g/mol. The third kappa shape index (κ3) is 2.90. The van der Waals surface area contributed by atoms with Crippen molar-refractivity contribution in [3.63, 3.8) is 0 Å². The number of anilines is 1. The molecule has 0 spiro atoms. The number of benzene rings is 1. The van der Waals surface area contributed by atoms with Crippen LogP contribution < -0.4 is 5.32 Å².